The van der Waals surface area contributed by atoms with Crippen LogP contribution in [0.15, 0.2) is 69.3 Å². The maximum Gasteiger partial charge on any atom is 0.331 e. The van der Waals surface area contributed by atoms with Crippen LogP contribution in [0.1, 0.15) is 29.2 Å². The highest BCUT2D eigenvalue weighted by Gasteiger charge is 2.28. The van der Waals surface area contributed by atoms with Crippen molar-refractivity contribution in [1.82, 2.24) is 15.0 Å². The summed E-state index contributed by atoms with van der Waals surface area (Å²) in [5, 5.41) is 15.0. The number of aromatic hydroxyl groups is 1. The number of hydrogen-bond donors (Lipinski definition) is 3. The molecule has 2 heterocycles. The highest BCUT2D eigenvalue weighted by molar-refractivity contribution is 6.03. The average Bonchev–Trinajstić information content (AvgIpc) is 3.21. The third-order valence-electron chi connectivity index (χ3n) is 4.91. The third-order valence-corrected chi connectivity index (χ3v) is 4.91. The fourth-order valence-corrected chi connectivity index (χ4v) is 3.46. The van der Waals surface area contributed by atoms with Gasteiger partial charge >= 0.3 is 5.69 Å². The van der Waals surface area contributed by atoms with E-state index in [0.29, 0.717) is 17.9 Å². The van der Waals surface area contributed by atoms with Gasteiger partial charge in [-0.15, -0.1) is 0 Å². The predicted octanol–water partition coefficient (Wildman–Crippen LogP) is 1.74. The summed E-state index contributed by atoms with van der Waals surface area (Å²) in [6, 6.07) is 16.5. The molecule has 0 spiro atoms. The molecule has 0 radical (unpaired) electrons. The second-order valence-electron chi connectivity index (χ2n) is 6.72. The fourth-order valence-electron chi connectivity index (χ4n) is 3.46. The normalized spacial score (nSPS) is 15.6. The first-order valence-electron chi connectivity index (χ1n) is 9.14. The van der Waals surface area contributed by atoms with E-state index < -0.39 is 17.1 Å². The van der Waals surface area contributed by atoms with E-state index in [4.69, 9.17) is 4.74 Å². The Bertz CT molecular complexity index is 1180. The summed E-state index contributed by atoms with van der Waals surface area (Å²) in [7, 11) is 1.59. The van der Waals surface area contributed by atoms with Gasteiger partial charge in [-0.3, -0.25) is 14.3 Å². The summed E-state index contributed by atoms with van der Waals surface area (Å²) in [5.74, 6) is 0.303. The summed E-state index contributed by atoms with van der Waals surface area (Å²) in [6.07, 6.45) is 0.362. The SMILES string of the molecule is COc1ccccc1[C@@H]1CC(c2c(O)n(Cc3ccccc3)c(=O)[nH]c2=O)=NN1. The van der Waals surface area contributed by atoms with Crippen LogP contribution in [0.2, 0.25) is 0 Å². The predicted molar refractivity (Wildman–Crippen MR) is 109 cm³/mol. The fraction of sp³-hybridized carbons (Fsp3) is 0.190. The molecule has 0 saturated heterocycles. The molecule has 0 bridgehead atoms. The number of hydrazone groups is 1. The number of H-pyrrole nitrogens is 1. The van der Waals surface area contributed by atoms with Crippen molar-refractivity contribution in [1.29, 1.82) is 0 Å². The summed E-state index contributed by atoms with van der Waals surface area (Å²) < 4.78 is 6.52. The molecule has 1 aliphatic rings. The van der Waals surface area contributed by atoms with Crippen molar-refractivity contribution >= 4 is 5.71 Å². The molecular weight excluding hydrogens is 372 g/mol. The largest absolute Gasteiger partial charge is 0.496 e. The molecule has 0 amide bonds. The smallest absolute Gasteiger partial charge is 0.331 e. The summed E-state index contributed by atoms with van der Waals surface area (Å²) in [4.78, 5) is 27.0. The Morgan fingerprint density at radius 2 is 1.86 bits per heavy atom. The number of para-hydroxylation sites is 1. The number of methoxy groups -OCH3 is 1. The quantitative estimate of drug-likeness (QED) is 0.613. The third kappa shape index (κ3) is 3.52. The van der Waals surface area contributed by atoms with Crippen LogP contribution in [-0.2, 0) is 6.54 Å². The first-order chi connectivity index (χ1) is 14.1. The Morgan fingerprint density at radius 3 is 2.62 bits per heavy atom. The minimum absolute atomic E-state index is 0.00886. The highest BCUT2D eigenvalue weighted by Crippen LogP contribution is 2.31. The van der Waals surface area contributed by atoms with Crippen molar-refractivity contribution in [3.05, 3.63) is 92.1 Å². The summed E-state index contributed by atoms with van der Waals surface area (Å²) in [6.45, 7) is 0.131. The van der Waals surface area contributed by atoms with Crippen molar-refractivity contribution in [2.24, 2.45) is 5.10 Å². The molecule has 2 aromatic carbocycles. The number of aromatic amines is 1. The Balaban J connectivity index is 1.68. The lowest BCUT2D eigenvalue weighted by Gasteiger charge is -2.14. The van der Waals surface area contributed by atoms with E-state index in [-0.39, 0.29) is 18.2 Å². The van der Waals surface area contributed by atoms with Crippen molar-refractivity contribution in [2.45, 2.75) is 19.0 Å². The zero-order valence-electron chi connectivity index (χ0n) is 15.8. The van der Waals surface area contributed by atoms with Gasteiger partial charge in [0.1, 0.15) is 11.3 Å². The van der Waals surface area contributed by atoms with E-state index in [1.807, 2.05) is 54.6 Å². The van der Waals surface area contributed by atoms with Crippen molar-refractivity contribution < 1.29 is 9.84 Å². The molecule has 0 saturated carbocycles. The van der Waals surface area contributed by atoms with Gasteiger partial charge in [0.25, 0.3) is 5.56 Å². The standard InChI is InChI=1S/C21H20N4O4/c1-29-17-10-6-5-9-14(17)15-11-16(24-23-15)18-19(26)22-21(28)25(20(18)27)12-13-7-3-2-4-8-13/h2-10,15,23,27H,11-12H2,1H3,(H,22,26,28)/t15-/m0/s1. The molecule has 1 aliphatic heterocycles. The lowest BCUT2D eigenvalue weighted by atomic mass is 9.99. The molecule has 0 unspecified atom stereocenters. The van der Waals surface area contributed by atoms with Crippen LogP contribution in [0.4, 0.5) is 0 Å². The van der Waals surface area contributed by atoms with Gasteiger partial charge in [-0.25, -0.2) is 4.79 Å². The molecule has 0 aliphatic carbocycles. The van der Waals surface area contributed by atoms with Crippen molar-refractivity contribution in [3.63, 3.8) is 0 Å². The van der Waals surface area contributed by atoms with Gasteiger partial charge in [0.15, 0.2) is 0 Å². The van der Waals surface area contributed by atoms with Gasteiger partial charge in [-0.2, -0.15) is 5.10 Å². The summed E-state index contributed by atoms with van der Waals surface area (Å²) >= 11 is 0. The van der Waals surface area contributed by atoms with Gasteiger partial charge in [-0.1, -0.05) is 48.5 Å². The van der Waals surface area contributed by atoms with E-state index in [1.165, 1.54) is 0 Å². The Morgan fingerprint density at radius 1 is 1.14 bits per heavy atom. The lowest BCUT2D eigenvalue weighted by molar-refractivity contribution is 0.402. The van der Waals surface area contributed by atoms with E-state index in [9.17, 15) is 14.7 Å². The zero-order valence-corrected chi connectivity index (χ0v) is 15.8. The van der Waals surface area contributed by atoms with Crippen molar-refractivity contribution in [2.75, 3.05) is 7.11 Å². The van der Waals surface area contributed by atoms with Crippen LogP contribution in [0.25, 0.3) is 0 Å². The maximum atomic E-state index is 12.5. The number of nitrogens with one attached hydrogen (secondary N) is 2. The monoisotopic (exact) mass is 392 g/mol. The Labute approximate surface area is 166 Å². The Kier molecular flexibility index (Phi) is 4.90. The molecule has 1 aromatic heterocycles. The lowest BCUT2D eigenvalue weighted by Crippen LogP contribution is -2.34. The Hall–Kier alpha value is -3.81. The number of aromatic nitrogens is 2. The van der Waals surface area contributed by atoms with Gasteiger partial charge in [0, 0.05) is 12.0 Å². The number of ether oxygens (including phenoxy) is 1. The highest BCUT2D eigenvalue weighted by atomic mass is 16.5. The van der Waals surface area contributed by atoms with E-state index in [0.717, 1.165) is 15.7 Å². The minimum atomic E-state index is -0.673. The number of hydrogen-bond acceptors (Lipinski definition) is 6. The molecular formula is C21H20N4O4. The number of nitrogens with zero attached hydrogens (tertiary/aromatic N) is 2. The molecule has 8 heteroatoms. The molecule has 1 atom stereocenters. The van der Waals surface area contributed by atoms with Crippen LogP contribution in [0.5, 0.6) is 11.6 Å². The van der Waals surface area contributed by atoms with Gasteiger partial charge in [-0.05, 0) is 11.6 Å². The van der Waals surface area contributed by atoms with E-state index in [2.05, 4.69) is 15.5 Å². The van der Waals surface area contributed by atoms with Crippen LogP contribution in [0.3, 0.4) is 0 Å². The first-order valence-corrected chi connectivity index (χ1v) is 9.14. The molecule has 3 N–H and O–H groups in total. The average molecular weight is 392 g/mol. The molecule has 0 fully saturated rings. The maximum absolute atomic E-state index is 12.5. The molecule has 3 aromatic rings. The zero-order chi connectivity index (χ0) is 20.4. The van der Waals surface area contributed by atoms with Gasteiger partial charge in [0.2, 0.25) is 5.88 Å². The van der Waals surface area contributed by atoms with Gasteiger partial charge < -0.3 is 15.3 Å². The molecule has 148 valence electrons. The van der Waals surface area contributed by atoms with Crippen molar-refractivity contribution in [3.8, 4) is 11.6 Å². The number of rotatable bonds is 5. The molecule has 8 nitrogen and oxygen atoms in total. The molecule has 29 heavy (non-hydrogen) atoms. The van der Waals surface area contributed by atoms with Crippen LogP contribution < -0.4 is 21.4 Å². The first kappa shape index (κ1) is 18.5. The van der Waals surface area contributed by atoms with E-state index >= 15 is 0 Å². The topological polar surface area (TPSA) is 109 Å². The van der Waals surface area contributed by atoms with E-state index in [1.54, 1.807) is 7.11 Å². The van der Waals surface area contributed by atoms with Crippen LogP contribution >= 0.6 is 0 Å². The van der Waals surface area contributed by atoms with Crippen LogP contribution in [0, 0.1) is 0 Å². The van der Waals surface area contributed by atoms with Crippen LogP contribution in [-0.4, -0.2) is 27.5 Å². The summed E-state index contributed by atoms with van der Waals surface area (Å²) in [5.41, 5.74) is 3.73. The number of benzene rings is 2. The second-order valence-corrected chi connectivity index (χ2v) is 6.72. The minimum Gasteiger partial charge on any atom is -0.496 e. The second kappa shape index (κ2) is 7.67. The van der Waals surface area contributed by atoms with Gasteiger partial charge in [0.05, 0.1) is 25.4 Å². The molecule has 4 rings (SSSR count).